The van der Waals surface area contributed by atoms with Gasteiger partial charge in [-0.15, -0.1) is 11.8 Å². The van der Waals surface area contributed by atoms with Crippen LogP contribution in [0.25, 0.3) is 10.9 Å². The van der Waals surface area contributed by atoms with E-state index in [0.29, 0.717) is 15.9 Å². The molecule has 3 aromatic rings. The highest BCUT2D eigenvalue weighted by Crippen LogP contribution is 2.30. The second kappa shape index (κ2) is 6.20. The zero-order chi connectivity index (χ0) is 15.7. The Kier molecular flexibility index (Phi) is 4.29. The van der Waals surface area contributed by atoms with Gasteiger partial charge in [-0.2, -0.15) is 4.98 Å². The number of nitrogen functional groups attached to an aromatic ring is 2. The first-order chi connectivity index (χ1) is 10.5. The average Bonchev–Trinajstić information content (AvgIpc) is 2.48. The van der Waals surface area contributed by atoms with Crippen LogP contribution in [-0.4, -0.2) is 9.97 Å². The SMILES string of the molecule is Nc1nc(N)c2cc(SCc3ccc(Cl)c(Cl)c3)ccc2n1. The van der Waals surface area contributed by atoms with Crippen LogP contribution in [0.3, 0.4) is 0 Å². The molecule has 4 nitrogen and oxygen atoms in total. The van der Waals surface area contributed by atoms with Gasteiger partial charge in [0, 0.05) is 16.0 Å². The maximum Gasteiger partial charge on any atom is 0.222 e. The van der Waals surface area contributed by atoms with Crippen LogP contribution in [0.4, 0.5) is 11.8 Å². The van der Waals surface area contributed by atoms with Crippen LogP contribution < -0.4 is 11.5 Å². The number of aromatic nitrogens is 2. The Balaban J connectivity index is 1.83. The highest BCUT2D eigenvalue weighted by Gasteiger charge is 2.06. The zero-order valence-electron chi connectivity index (χ0n) is 11.4. The first-order valence-corrected chi connectivity index (χ1v) is 8.16. The summed E-state index contributed by atoms with van der Waals surface area (Å²) >= 11 is 13.6. The van der Waals surface area contributed by atoms with E-state index in [4.69, 9.17) is 34.7 Å². The van der Waals surface area contributed by atoms with E-state index in [1.165, 1.54) is 0 Å². The number of fused-ring (bicyclic) bond motifs is 1. The maximum absolute atomic E-state index is 6.02. The molecular formula is C15H12Cl2N4S. The molecule has 2 aromatic carbocycles. The molecular weight excluding hydrogens is 339 g/mol. The fourth-order valence-electron chi connectivity index (χ4n) is 2.04. The second-order valence-electron chi connectivity index (χ2n) is 4.68. The van der Waals surface area contributed by atoms with Crippen LogP contribution in [-0.2, 0) is 5.75 Å². The van der Waals surface area contributed by atoms with Crippen LogP contribution in [0.15, 0.2) is 41.3 Å². The molecule has 0 aliphatic carbocycles. The molecule has 0 aliphatic rings. The number of benzene rings is 2. The van der Waals surface area contributed by atoms with Crippen molar-refractivity contribution in [2.75, 3.05) is 11.5 Å². The summed E-state index contributed by atoms with van der Waals surface area (Å²) in [7, 11) is 0. The first-order valence-electron chi connectivity index (χ1n) is 6.42. The number of nitrogens with two attached hydrogens (primary N) is 2. The number of thioether (sulfide) groups is 1. The van der Waals surface area contributed by atoms with Crippen LogP contribution in [0.5, 0.6) is 0 Å². The van der Waals surface area contributed by atoms with E-state index >= 15 is 0 Å². The molecule has 4 N–H and O–H groups in total. The van der Waals surface area contributed by atoms with Crippen molar-refractivity contribution < 1.29 is 0 Å². The second-order valence-corrected chi connectivity index (χ2v) is 6.55. The fourth-order valence-corrected chi connectivity index (χ4v) is 3.23. The van der Waals surface area contributed by atoms with Crippen molar-refractivity contribution in [1.82, 2.24) is 9.97 Å². The molecule has 1 heterocycles. The van der Waals surface area contributed by atoms with Crippen molar-refractivity contribution in [3.8, 4) is 0 Å². The van der Waals surface area contributed by atoms with Crippen molar-refractivity contribution in [3.05, 3.63) is 52.0 Å². The smallest absolute Gasteiger partial charge is 0.222 e. The minimum Gasteiger partial charge on any atom is -0.383 e. The minimum atomic E-state index is 0.182. The van der Waals surface area contributed by atoms with Crippen molar-refractivity contribution >= 4 is 57.6 Å². The van der Waals surface area contributed by atoms with Gasteiger partial charge in [0.2, 0.25) is 5.95 Å². The molecule has 3 rings (SSSR count). The lowest BCUT2D eigenvalue weighted by Crippen LogP contribution is -2.00. The molecule has 0 saturated heterocycles. The molecule has 22 heavy (non-hydrogen) atoms. The highest BCUT2D eigenvalue weighted by atomic mass is 35.5. The van der Waals surface area contributed by atoms with Gasteiger partial charge in [-0.05, 0) is 35.9 Å². The lowest BCUT2D eigenvalue weighted by Gasteiger charge is -2.06. The summed E-state index contributed by atoms with van der Waals surface area (Å²) in [5.41, 5.74) is 13.3. The van der Waals surface area contributed by atoms with Gasteiger partial charge in [0.15, 0.2) is 0 Å². The van der Waals surface area contributed by atoms with Gasteiger partial charge in [0.1, 0.15) is 5.82 Å². The summed E-state index contributed by atoms with van der Waals surface area (Å²) < 4.78 is 0. The highest BCUT2D eigenvalue weighted by molar-refractivity contribution is 7.98. The van der Waals surface area contributed by atoms with E-state index in [-0.39, 0.29) is 5.95 Å². The molecule has 0 atom stereocenters. The summed E-state index contributed by atoms with van der Waals surface area (Å²) in [6.07, 6.45) is 0. The Morgan fingerprint density at radius 2 is 1.77 bits per heavy atom. The van der Waals surface area contributed by atoms with Gasteiger partial charge in [-0.25, -0.2) is 4.98 Å². The molecule has 0 aliphatic heterocycles. The summed E-state index contributed by atoms with van der Waals surface area (Å²) in [4.78, 5) is 9.22. The zero-order valence-corrected chi connectivity index (χ0v) is 13.7. The molecule has 0 amide bonds. The topological polar surface area (TPSA) is 77.8 Å². The van der Waals surface area contributed by atoms with E-state index in [0.717, 1.165) is 27.1 Å². The predicted octanol–water partition coefficient (Wildman–Crippen LogP) is 4.39. The van der Waals surface area contributed by atoms with Gasteiger partial charge in [-0.3, -0.25) is 0 Å². The van der Waals surface area contributed by atoms with Crippen LogP contribution in [0.1, 0.15) is 5.56 Å². The van der Waals surface area contributed by atoms with Gasteiger partial charge in [0.05, 0.1) is 15.6 Å². The van der Waals surface area contributed by atoms with E-state index in [1.807, 2.05) is 30.3 Å². The number of anilines is 2. The molecule has 1 aromatic heterocycles. The Morgan fingerprint density at radius 3 is 2.55 bits per heavy atom. The monoisotopic (exact) mass is 350 g/mol. The molecule has 112 valence electrons. The quantitative estimate of drug-likeness (QED) is 0.684. The van der Waals surface area contributed by atoms with Gasteiger partial charge in [0.25, 0.3) is 0 Å². The van der Waals surface area contributed by atoms with Crippen molar-refractivity contribution in [2.45, 2.75) is 10.6 Å². The molecule has 0 radical (unpaired) electrons. The normalized spacial score (nSPS) is 11.0. The molecule has 7 heteroatoms. The molecule has 0 fully saturated rings. The number of hydrogen-bond acceptors (Lipinski definition) is 5. The van der Waals surface area contributed by atoms with Crippen LogP contribution >= 0.6 is 35.0 Å². The Bertz CT molecular complexity index is 854. The van der Waals surface area contributed by atoms with Crippen molar-refractivity contribution in [2.24, 2.45) is 0 Å². The summed E-state index contributed by atoms with van der Waals surface area (Å²) in [5, 5.41) is 1.92. The van der Waals surface area contributed by atoms with E-state index in [9.17, 15) is 0 Å². The number of nitrogens with zero attached hydrogens (tertiary/aromatic N) is 2. The summed E-state index contributed by atoms with van der Waals surface area (Å²) in [6, 6.07) is 11.5. The molecule has 0 bridgehead atoms. The first kappa shape index (κ1) is 15.2. The standard InChI is InChI=1S/C15H12Cl2N4S/c16-11-3-1-8(5-12(11)17)7-22-9-2-4-13-10(6-9)14(18)21-15(19)20-13/h1-6H,7H2,(H4,18,19,20,21). The lowest BCUT2D eigenvalue weighted by molar-refractivity contribution is 1.24. The Labute approximate surface area is 141 Å². The third kappa shape index (κ3) is 3.21. The summed E-state index contributed by atoms with van der Waals surface area (Å²) in [5.74, 6) is 1.35. The third-order valence-corrected chi connectivity index (χ3v) is 4.91. The van der Waals surface area contributed by atoms with Gasteiger partial charge in [-0.1, -0.05) is 29.3 Å². The average molecular weight is 351 g/mol. The van der Waals surface area contributed by atoms with Gasteiger partial charge >= 0.3 is 0 Å². The van der Waals surface area contributed by atoms with E-state index < -0.39 is 0 Å². The fraction of sp³-hybridized carbons (Fsp3) is 0.0667. The molecule has 0 spiro atoms. The maximum atomic E-state index is 6.02. The Morgan fingerprint density at radius 1 is 0.955 bits per heavy atom. The van der Waals surface area contributed by atoms with Crippen molar-refractivity contribution in [1.29, 1.82) is 0 Å². The lowest BCUT2D eigenvalue weighted by atomic mass is 10.2. The van der Waals surface area contributed by atoms with Crippen molar-refractivity contribution in [3.63, 3.8) is 0 Å². The number of halogens is 2. The predicted molar refractivity (Wildman–Crippen MR) is 94.4 cm³/mol. The number of rotatable bonds is 3. The Hall–Kier alpha value is -1.69. The number of hydrogen-bond donors (Lipinski definition) is 2. The largest absolute Gasteiger partial charge is 0.383 e. The van der Waals surface area contributed by atoms with Gasteiger partial charge < -0.3 is 11.5 Å². The minimum absolute atomic E-state index is 0.182. The van der Waals surface area contributed by atoms with Crippen LogP contribution in [0, 0.1) is 0 Å². The third-order valence-electron chi connectivity index (χ3n) is 3.10. The molecule has 0 saturated carbocycles. The van der Waals surface area contributed by atoms with E-state index in [1.54, 1.807) is 17.8 Å². The molecule has 0 unspecified atom stereocenters. The van der Waals surface area contributed by atoms with E-state index in [2.05, 4.69) is 9.97 Å². The van der Waals surface area contributed by atoms with Crippen LogP contribution in [0.2, 0.25) is 10.0 Å². The summed E-state index contributed by atoms with van der Waals surface area (Å²) in [6.45, 7) is 0.